The van der Waals surface area contributed by atoms with Crippen LogP contribution in [0.1, 0.15) is 13.3 Å². The van der Waals surface area contributed by atoms with Gasteiger partial charge in [0.1, 0.15) is 0 Å². The monoisotopic (exact) mass is 495 g/mol. The third kappa shape index (κ3) is 7.50. The summed E-state index contributed by atoms with van der Waals surface area (Å²) in [4.78, 5) is 15.1. The summed E-state index contributed by atoms with van der Waals surface area (Å²) in [6.07, 6.45) is 19.9. The molecule has 3 aliphatic rings. The number of benzene rings is 2. The summed E-state index contributed by atoms with van der Waals surface area (Å²) in [5.41, 5.74) is 0. The quantitative estimate of drug-likeness (QED) is 0.304. The van der Waals surface area contributed by atoms with Gasteiger partial charge in [0.25, 0.3) is 0 Å². The zero-order valence-corrected chi connectivity index (χ0v) is 20.9. The van der Waals surface area contributed by atoms with Crippen LogP contribution in [0.4, 0.5) is 0 Å². The molecule has 5 rings (SSSR count). The maximum absolute atomic E-state index is 12.7. The average molecular weight is 495 g/mol. The van der Waals surface area contributed by atoms with Crippen LogP contribution in [0.3, 0.4) is 0 Å². The second-order valence-corrected chi connectivity index (χ2v) is 10.3. The van der Waals surface area contributed by atoms with Crippen LogP contribution in [0.5, 0.6) is 0 Å². The zero-order valence-electron chi connectivity index (χ0n) is 18.9. The second-order valence-electron chi connectivity index (χ2n) is 8.06. The standard InChI is InChI=1S/C24H25NOP.C5H5.Fe/c1-2-20(25-17-23(25)24(26)19-11-9-10-12-19)18-27(21-13-5-3-6-14-21)22-15-7-4-8-16-22;1-2-4-5-3-1;/h3-16,20,23H,2,17-18H2,1H3;1-5H;/q;;+2/t20-,23+,25?;;/m1../s1. The maximum atomic E-state index is 12.7. The normalized spacial score (nSPS) is 22.8. The van der Waals surface area contributed by atoms with Crippen LogP contribution in [0, 0.1) is 63.7 Å². The number of ketones is 1. The third-order valence-electron chi connectivity index (χ3n) is 5.93. The van der Waals surface area contributed by atoms with Crippen LogP contribution < -0.4 is 10.6 Å². The molecule has 3 fully saturated rings. The molecule has 2 nitrogen and oxygen atoms in total. The van der Waals surface area contributed by atoms with Crippen molar-refractivity contribution in [1.29, 1.82) is 0 Å². The van der Waals surface area contributed by atoms with Crippen molar-refractivity contribution in [1.82, 2.24) is 4.90 Å². The summed E-state index contributed by atoms with van der Waals surface area (Å²) in [6, 6.07) is 22.2. The van der Waals surface area contributed by atoms with Crippen molar-refractivity contribution in [3.63, 3.8) is 0 Å². The van der Waals surface area contributed by atoms with Gasteiger partial charge in [0.15, 0.2) is 5.78 Å². The van der Waals surface area contributed by atoms with Crippen molar-refractivity contribution in [2.75, 3.05) is 12.7 Å². The molecule has 0 aromatic heterocycles. The van der Waals surface area contributed by atoms with Gasteiger partial charge in [0, 0.05) is 12.6 Å². The summed E-state index contributed by atoms with van der Waals surface area (Å²) in [5, 5.41) is 2.83. The largest absolute Gasteiger partial charge is 2.00 e. The molecule has 1 aliphatic heterocycles. The Morgan fingerprint density at radius 3 is 1.79 bits per heavy atom. The van der Waals surface area contributed by atoms with Gasteiger partial charge in [-0.25, -0.2) is 0 Å². The predicted molar refractivity (Wildman–Crippen MR) is 135 cm³/mol. The van der Waals surface area contributed by atoms with Crippen LogP contribution in [0.25, 0.3) is 0 Å². The Morgan fingerprint density at radius 2 is 1.33 bits per heavy atom. The third-order valence-corrected chi connectivity index (χ3v) is 8.55. The zero-order chi connectivity index (χ0) is 22.2. The van der Waals surface area contributed by atoms with Gasteiger partial charge < -0.3 is 0 Å². The van der Waals surface area contributed by atoms with Crippen LogP contribution in [0.2, 0.25) is 0 Å². The van der Waals surface area contributed by atoms with Gasteiger partial charge in [-0.05, 0) is 88.9 Å². The van der Waals surface area contributed by atoms with E-state index < -0.39 is 7.92 Å². The summed E-state index contributed by atoms with van der Waals surface area (Å²) in [6.45, 7) is 3.14. The Bertz CT molecular complexity index is 773. The van der Waals surface area contributed by atoms with E-state index in [1.165, 1.54) is 10.6 Å². The topological polar surface area (TPSA) is 20.1 Å². The number of rotatable bonds is 8. The Kier molecular flexibility index (Phi) is 11.1. The van der Waals surface area contributed by atoms with E-state index in [0.29, 0.717) is 6.04 Å². The van der Waals surface area contributed by atoms with Gasteiger partial charge in [0.05, 0.1) is 12.0 Å². The Hall–Kier alpha value is -0.981. The fourth-order valence-corrected chi connectivity index (χ4v) is 6.77. The summed E-state index contributed by atoms with van der Waals surface area (Å²) in [5.74, 6) is 1.13. The van der Waals surface area contributed by atoms with Crippen molar-refractivity contribution >= 4 is 24.3 Å². The maximum Gasteiger partial charge on any atom is 2.00 e. The molecule has 33 heavy (non-hydrogen) atoms. The molecule has 0 bridgehead atoms. The van der Waals surface area contributed by atoms with E-state index in [1.807, 2.05) is 57.8 Å². The molecular weight excluding hydrogens is 465 g/mol. The number of hydrogen-bond donors (Lipinski definition) is 0. The molecule has 0 N–H and O–H groups in total. The first-order valence-corrected chi connectivity index (χ1v) is 12.9. The van der Waals surface area contributed by atoms with Gasteiger partial charge in [-0.2, -0.15) is 0 Å². The molecule has 1 saturated heterocycles. The molecule has 10 radical (unpaired) electrons. The van der Waals surface area contributed by atoms with E-state index in [-0.39, 0.29) is 28.9 Å². The van der Waals surface area contributed by atoms with Crippen LogP contribution in [-0.4, -0.2) is 35.5 Å². The first kappa shape index (κ1) is 26.6. The van der Waals surface area contributed by atoms with E-state index in [1.54, 1.807) is 0 Å². The number of Topliss-reactive ketones (excluding diaryl/α,β-unsaturated/α-hetero) is 1. The minimum absolute atomic E-state index is 0. The minimum Gasteiger partial charge on any atom is -0.297 e. The molecule has 2 aromatic carbocycles. The number of nitrogens with zero attached hydrogens (tertiary/aromatic N) is 1. The molecule has 2 saturated carbocycles. The van der Waals surface area contributed by atoms with Crippen LogP contribution in [0.15, 0.2) is 60.7 Å². The number of carbonyl (C=O) groups is 1. The first-order chi connectivity index (χ1) is 15.8. The second kappa shape index (κ2) is 13.8. The molecule has 1 unspecified atom stereocenters. The molecule has 4 heteroatoms. The smallest absolute Gasteiger partial charge is 0.297 e. The van der Waals surface area contributed by atoms with Crippen LogP contribution >= 0.6 is 7.92 Å². The fourth-order valence-electron chi connectivity index (χ4n) is 4.10. The SMILES string of the molecule is CC[C@H](CP(c1ccccc1)c1ccccc1)N1C[C@H]1C(=O)[C]1[CH][CH][CH][CH]1.[CH]1[CH][CH][CH][CH]1.[Fe+2]. The van der Waals surface area contributed by atoms with Gasteiger partial charge in [-0.15, -0.1) is 0 Å². The van der Waals surface area contributed by atoms with E-state index in [4.69, 9.17) is 0 Å². The summed E-state index contributed by atoms with van der Waals surface area (Å²) < 4.78 is 0. The molecule has 0 spiro atoms. The van der Waals surface area contributed by atoms with E-state index in [2.05, 4.69) is 72.5 Å². The first-order valence-electron chi connectivity index (χ1n) is 11.3. The average Bonchev–Trinajstić information content (AvgIpc) is 3.25. The summed E-state index contributed by atoms with van der Waals surface area (Å²) >= 11 is 0. The number of hydrogen-bond acceptors (Lipinski definition) is 2. The summed E-state index contributed by atoms with van der Waals surface area (Å²) in [7, 11) is -0.425. The van der Waals surface area contributed by atoms with Crippen molar-refractivity contribution in [2.24, 2.45) is 0 Å². The molecule has 2 aliphatic carbocycles. The van der Waals surface area contributed by atoms with E-state index in [9.17, 15) is 4.79 Å². The Labute approximate surface area is 213 Å². The number of carbonyl (C=O) groups excluding carboxylic acids is 1. The van der Waals surface area contributed by atoms with Gasteiger partial charge in [-0.3, -0.25) is 9.69 Å². The molecule has 2 aromatic rings. The molecule has 1 heterocycles. The van der Waals surface area contributed by atoms with E-state index in [0.717, 1.165) is 25.0 Å². The van der Waals surface area contributed by atoms with Crippen molar-refractivity contribution in [3.8, 4) is 0 Å². The molecule has 168 valence electrons. The minimum atomic E-state index is -0.425. The van der Waals surface area contributed by atoms with Crippen LogP contribution in [-0.2, 0) is 21.9 Å². The van der Waals surface area contributed by atoms with Crippen molar-refractivity contribution in [3.05, 3.63) is 124 Å². The fraction of sp³-hybridized carbons (Fsp3) is 0.207. The van der Waals surface area contributed by atoms with E-state index >= 15 is 0 Å². The van der Waals surface area contributed by atoms with Crippen molar-refractivity contribution in [2.45, 2.75) is 25.4 Å². The Morgan fingerprint density at radius 1 is 0.848 bits per heavy atom. The van der Waals surface area contributed by atoms with Crippen molar-refractivity contribution < 1.29 is 21.9 Å². The van der Waals surface area contributed by atoms with Gasteiger partial charge in [-0.1, -0.05) is 67.6 Å². The van der Waals surface area contributed by atoms with Gasteiger partial charge in [0.2, 0.25) is 0 Å². The molecular formula is C29H30FeNOP+2. The Balaban J connectivity index is 0.000000453. The predicted octanol–water partition coefficient (Wildman–Crippen LogP) is 4.58. The van der Waals surface area contributed by atoms with Gasteiger partial charge >= 0.3 is 17.1 Å². The molecule has 0 amide bonds. The molecule has 3 atom stereocenters.